The fourth-order valence-corrected chi connectivity index (χ4v) is 4.00. The molecule has 0 aliphatic rings. The van der Waals surface area contributed by atoms with E-state index in [1.54, 1.807) is 24.3 Å². The molecule has 0 aromatic heterocycles. The number of nitrogens with zero attached hydrogens (tertiary/aromatic N) is 2. The van der Waals surface area contributed by atoms with Crippen LogP contribution in [-0.4, -0.2) is 27.1 Å². The minimum Gasteiger partial charge on any atom is -0.271 e. The number of nitrogens with one attached hydrogen (secondary N) is 1. The highest BCUT2D eigenvalue weighted by Crippen LogP contribution is 2.23. The van der Waals surface area contributed by atoms with Crippen LogP contribution in [0, 0.1) is 11.6 Å². The Balaban J connectivity index is 1.83. The molecular weight excluding hydrogens is 412 g/mol. The fourth-order valence-electron chi connectivity index (χ4n) is 2.56. The molecule has 0 saturated heterocycles. The molecule has 0 unspecified atom stereocenters. The molecule has 3 aromatic carbocycles. The van der Waals surface area contributed by atoms with E-state index in [0.29, 0.717) is 0 Å². The Kier molecular flexibility index (Phi) is 6.53. The monoisotopic (exact) mass is 429 g/mol. The number of carbonyl (C=O) groups is 1. The minimum atomic E-state index is -4.11. The van der Waals surface area contributed by atoms with Crippen LogP contribution in [0.15, 0.2) is 88.9 Å². The summed E-state index contributed by atoms with van der Waals surface area (Å²) in [5.41, 5.74) is 2.44. The summed E-state index contributed by atoms with van der Waals surface area (Å²) in [6, 6.07) is 18.1. The third kappa shape index (κ3) is 5.06. The predicted octanol–water partition coefficient (Wildman–Crippen LogP) is 3.31. The minimum absolute atomic E-state index is 0.0306. The molecule has 30 heavy (non-hydrogen) atoms. The van der Waals surface area contributed by atoms with Gasteiger partial charge in [-0.3, -0.25) is 9.10 Å². The first-order chi connectivity index (χ1) is 14.4. The molecule has 0 spiro atoms. The van der Waals surface area contributed by atoms with Gasteiger partial charge in [0.05, 0.1) is 16.8 Å². The number of sulfonamides is 1. The van der Waals surface area contributed by atoms with Gasteiger partial charge < -0.3 is 0 Å². The third-order valence-corrected chi connectivity index (χ3v) is 5.82. The molecule has 0 aliphatic heterocycles. The van der Waals surface area contributed by atoms with Crippen LogP contribution in [0.3, 0.4) is 0 Å². The summed E-state index contributed by atoms with van der Waals surface area (Å²) in [6.07, 6.45) is 1.11. The van der Waals surface area contributed by atoms with E-state index < -0.39 is 34.1 Å². The van der Waals surface area contributed by atoms with E-state index in [1.165, 1.54) is 42.5 Å². The summed E-state index contributed by atoms with van der Waals surface area (Å²) < 4.78 is 53.9. The number of halogens is 2. The maximum atomic E-state index is 13.6. The maximum Gasteiger partial charge on any atom is 0.264 e. The van der Waals surface area contributed by atoms with Crippen LogP contribution >= 0.6 is 0 Å². The van der Waals surface area contributed by atoms with E-state index in [1.807, 2.05) is 0 Å². The van der Waals surface area contributed by atoms with E-state index in [4.69, 9.17) is 0 Å². The maximum absolute atomic E-state index is 13.6. The second-order valence-corrected chi connectivity index (χ2v) is 7.98. The molecule has 154 valence electrons. The standard InChI is InChI=1S/C21H17F2N3O3S/c22-17-10-12-18(13-11-17)26(30(28,29)19-7-2-1-3-8-19)15-21(27)25-24-14-16-6-4-5-9-20(16)23/h1-14H,15H2,(H,25,27)/b24-14-. The van der Waals surface area contributed by atoms with Crippen molar-refractivity contribution in [2.24, 2.45) is 5.10 Å². The molecule has 0 radical (unpaired) electrons. The Morgan fingerprint density at radius 3 is 2.23 bits per heavy atom. The van der Waals surface area contributed by atoms with Gasteiger partial charge in [0.1, 0.15) is 18.2 Å². The Hall–Kier alpha value is -3.59. The van der Waals surface area contributed by atoms with Crippen molar-refractivity contribution < 1.29 is 22.0 Å². The van der Waals surface area contributed by atoms with Gasteiger partial charge in [0.2, 0.25) is 0 Å². The third-order valence-electron chi connectivity index (χ3n) is 4.03. The lowest BCUT2D eigenvalue weighted by Crippen LogP contribution is -2.39. The van der Waals surface area contributed by atoms with E-state index in [-0.39, 0.29) is 16.1 Å². The van der Waals surface area contributed by atoms with Gasteiger partial charge in [0.15, 0.2) is 0 Å². The van der Waals surface area contributed by atoms with Crippen molar-refractivity contribution in [2.75, 3.05) is 10.8 Å². The predicted molar refractivity (Wildman–Crippen MR) is 110 cm³/mol. The second-order valence-electron chi connectivity index (χ2n) is 6.12. The van der Waals surface area contributed by atoms with Gasteiger partial charge >= 0.3 is 0 Å². The Bertz CT molecular complexity index is 1150. The van der Waals surface area contributed by atoms with Gasteiger partial charge in [-0.1, -0.05) is 36.4 Å². The van der Waals surface area contributed by atoms with Gasteiger partial charge in [-0.15, -0.1) is 0 Å². The SMILES string of the molecule is O=C(CN(c1ccc(F)cc1)S(=O)(=O)c1ccccc1)N/N=C\c1ccccc1F. The van der Waals surface area contributed by atoms with Crippen molar-refractivity contribution in [3.63, 3.8) is 0 Å². The van der Waals surface area contributed by atoms with Gasteiger partial charge in [-0.25, -0.2) is 22.6 Å². The number of rotatable bonds is 7. The Labute approximate surface area is 172 Å². The highest BCUT2D eigenvalue weighted by Gasteiger charge is 2.27. The second kappa shape index (κ2) is 9.27. The first kappa shape index (κ1) is 21.1. The van der Waals surface area contributed by atoms with E-state index in [9.17, 15) is 22.0 Å². The number of amides is 1. The van der Waals surface area contributed by atoms with Crippen LogP contribution in [0.1, 0.15) is 5.56 Å². The number of hydrogen-bond donors (Lipinski definition) is 1. The molecule has 0 fully saturated rings. The highest BCUT2D eigenvalue weighted by molar-refractivity contribution is 7.92. The number of hydrogen-bond acceptors (Lipinski definition) is 4. The first-order valence-electron chi connectivity index (χ1n) is 8.78. The quantitative estimate of drug-likeness (QED) is 0.462. The average Bonchev–Trinajstić information content (AvgIpc) is 2.75. The molecule has 0 aliphatic carbocycles. The van der Waals surface area contributed by atoms with Crippen molar-refractivity contribution >= 4 is 27.8 Å². The van der Waals surface area contributed by atoms with Crippen molar-refractivity contribution in [2.45, 2.75) is 4.90 Å². The van der Waals surface area contributed by atoms with Crippen molar-refractivity contribution in [3.8, 4) is 0 Å². The zero-order valence-electron chi connectivity index (χ0n) is 15.6. The fraction of sp³-hybridized carbons (Fsp3) is 0.0476. The molecule has 0 atom stereocenters. The average molecular weight is 429 g/mol. The summed E-state index contributed by atoms with van der Waals surface area (Å²) >= 11 is 0. The molecule has 3 aromatic rings. The van der Waals surface area contributed by atoms with Crippen molar-refractivity contribution in [1.82, 2.24) is 5.43 Å². The van der Waals surface area contributed by atoms with Gasteiger partial charge in [0.25, 0.3) is 15.9 Å². The molecule has 6 nitrogen and oxygen atoms in total. The largest absolute Gasteiger partial charge is 0.271 e. The van der Waals surface area contributed by atoms with Gasteiger partial charge in [-0.05, 0) is 42.5 Å². The van der Waals surface area contributed by atoms with Crippen LogP contribution in [0.5, 0.6) is 0 Å². The molecule has 1 N–H and O–H groups in total. The molecule has 9 heteroatoms. The van der Waals surface area contributed by atoms with Crippen LogP contribution in [0.4, 0.5) is 14.5 Å². The summed E-state index contributed by atoms with van der Waals surface area (Å²) in [6.45, 7) is -0.614. The molecule has 0 saturated carbocycles. The Morgan fingerprint density at radius 1 is 0.933 bits per heavy atom. The summed E-state index contributed by atoms with van der Waals surface area (Å²) in [5.74, 6) is -1.82. The van der Waals surface area contributed by atoms with Crippen LogP contribution in [0.2, 0.25) is 0 Å². The van der Waals surface area contributed by atoms with Crippen LogP contribution < -0.4 is 9.73 Å². The lowest BCUT2D eigenvalue weighted by molar-refractivity contribution is -0.119. The van der Waals surface area contributed by atoms with Crippen molar-refractivity contribution in [1.29, 1.82) is 0 Å². The summed E-state index contributed by atoms with van der Waals surface area (Å²) in [5, 5.41) is 3.67. The summed E-state index contributed by atoms with van der Waals surface area (Å²) in [4.78, 5) is 12.3. The molecular formula is C21H17F2N3O3S. The highest BCUT2D eigenvalue weighted by atomic mass is 32.2. The normalized spacial score (nSPS) is 11.4. The number of anilines is 1. The number of carbonyl (C=O) groups excluding carboxylic acids is 1. The van der Waals surface area contributed by atoms with Gasteiger partial charge in [0, 0.05) is 5.56 Å². The van der Waals surface area contributed by atoms with Crippen molar-refractivity contribution in [3.05, 3.63) is 96.1 Å². The lowest BCUT2D eigenvalue weighted by atomic mass is 10.2. The zero-order valence-corrected chi connectivity index (χ0v) is 16.4. The van der Waals surface area contributed by atoms with Crippen LogP contribution in [0.25, 0.3) is 0 Å². The molecule has 0 heterocycles. The van der Waals surface area contributed by atoms with E-state index >= 15 is 0 Å². The van der Waals surface area contributed by atoms with Gasteiger partial charge in [-0.2, -0.15) is 5.10 Å². The Morgan fingerprint density at radius 2 is 1.57 bits per heavy atom. The number of hydrazone groups is 1. The number of benzene rings is 3. The zero-order chi connectivity index (χ0) is 21.6. The van der Waals surface area contributed by atoms with Crippen LogP contribution in [-0.2, 0) is 14.8 Å². The molecule has 1 amide bonds. The van der Waals surface area contributed by atoms with E-state index in [2.05, 4.69) is 10.5 Å². The lowest BCUT2D eigenvalue weighted by Gasteiger charge is -2.23. The first-order valence-corrected chi connectivity index (χ1v) is 10.2. The van der Waals surface area contributed by atoms with E-state index in [0.717, 1.165) is 22.7 Å². The summed E-state index contributed by atoms with van der Waals surface area (Å²) in [7, 11) is -4.11. The topological polar surface area (TPSA) is 78.8 Å². The molecule has 3 rings (SSSR count). The smallest absolute Gasteiger partial charge is 0.264 e. The molecule has 0 bridgehead atoms.